The van der Waals surface area contributed by atoms with E-state index in [4.69, 9.17) is 4.52 Å². The highest BCUT2D eigenvalue weighted by atomic mass is 32.2. The standard InChI is InChI=1S/C14H21N3OS2/c1-2-11-6-9(5-10(1)15-11)7-13-16-14(17-18-13)12-8-19-3-4-20-12/h9-12,15H,1-8H2. The molecule has 3 unspecified atom stereocenters. The molecule has 4 nitrogen and oxygen atoms in total. The van der Waals surface area contributed by atoms with Gasteiger partial charge in [0.25, 0.3) is 0 Å². The van der Waals surface area contributed by atoms with E-state index in [1.807, 2.05) is 23.5 Å². The van der Waals surface area contributed by atoms with Gasteiger partial charge in [0.05, 0.1) is 5.25 Å². The van der Waals surface area contributed by atoms with Crippen LogP contribution < -0.4 is 5.32 Å². The molecule has 0 aliphatic carbocycles. The summed E-state index contributed by atoms with van der Waals surface area (Å²) in [5, 5.41) is 8.35. The molecule has 20 heavy (non-hydrogen) atoms. The Morgan fingerprint density at radius 3 is 2.80 bits per heavy atom. The summed E-state index contributed by atoms with van der Waals surface area (Å²) in [7, 11) is 0. The molecular weight excluding hydrogens is 290 g/mol. The summed E-state index contributed by atoms with van der Waals surface area (Å²) in [6, 6.07) is 1.48. The molecule has 1 aromatic rings. The Kier molecular flexibility index (Phi) is 3.96. The minimum atomic E-state index is 0.440. The van der Waals surface area contributed by atoms with E-state index in [2.05, 4.69) is 15.5 Å². The lowest BCUT2D eigenvalue weighted by atomic mass is 9.90. The number of hydrogen-bond donors (Lipinski definition) is 1. The molecule has 1 aromatic heterocycles. The van der Waals surface area contributed by atoms with Crippen molar-refractivity contribution in [1.29, 1.82) is 0 Å². The van der Waals surface area contributed by atoms with Gasteiger partial charge in [-0.15, -0.1) is 11.8 Å². The molecule has 1 N–H and O–H groups in total. The van der Waals surface area contributed by atoms with E-state index in [1.54, 1.807) is 0 Å². The zero-order valence-electron chi connectivity index (χ0n) is 11.6. The molecule has 0 spiro atoms. The van der Waals surface area contributed by atoms with Crippen molar-refractivity contribution in [2.24, 2.45) is 5.92 Å². The molecule has 3 fully saturated rings. The largest absolute Gasteiger partial charge is 0.339 e. The van der Waals surface area contributed by atoms with Crippen molar-refractivity contribution in [3.05, 3.63) is 11.7 Å². The number of thioether (sulfide) groups is 2. The minimum absolute atomic E-state index is 0.440. The van der Waals surface area contributed by atoms with E-state index in [0.29, 0.717) is 5.25 Å². The second-order valence-corrected chi connectivity index (χ2v) is 8.62. The molecule has 110 valence electrons. The van der Waals surface area contributed by atoms with Gasteiger partial charge in [0.15, 0.2) is 5.82 Å². The van der Waals surface area contributed by atoms with Crippen molar-refractivity contribution < 1.29 is 4.52 Å². The van der Waals surface area contributed by atoms with Gasteiger partial charge in [-0.2, -0.15) is 16.7 Å². The molecular formula is C14H21N3OS2. The Balaban J connectivity index is 1.38. The Morgan fingerprint density at radius 1 is 1.20 bits per heavy atom. The molecule has 2 bridgehead atoms. The van der Waals surface area contributed by atoms with Crippen molar-refractivity contribution in [2.45, 2.75) is 49.4 Å². The van der Waals surface area contributed by atoms with Crippen LogP contribution in [0.3, 0.4) is 0 Å². The highest BCUT2D eigenvalue weighted by molar-refractivity contribution is 8.06. The Hall–Kier alpha value is -0.200. The second kappa shape index (κ2) is 5.89. The number of aromatic nitrogens is 2. The lowest BCUT2D eigenvalue weighted by Gasteiger charge is -2.28. The van der Waals surface area contributed by atoms with Crippen LogP contribution >= 0.6 is 23.5 Å². The average Bonchev–Trinajstić information content (AvgIpc) is 3.07. The van der Waals surface area contributed by atoms with Crippen LogP contribution in [0.2, 0.25) is 0 Å². The minimum Gasteiger partial charge on any atom is -0.339 e. The monoisotopic (exact) mass is 311 g/mol. The maximum atomic E-state index is 5.51. The van der Waals surface area contributed by atoms with Crippen LogP contribution in [-0.2, 0) is 6.42 Å². The first-order valence-electron chi connectivity index (χ1n) is 7.64. The van der Waals surface area contributed by atoms with Crippen molar-refractivity contribution >= 4 is 23.5 Å². The van der Waals surface area contributed by atoms with Crippen LogP contribution in [0.5, 0.6) is 0 Å². The third-order valence-corrected chi connectivity index (χ3v) is 7.37. The predicted molar refractivity (Wildman–Crippen MR) is 83.2 cm³/mol. The van der Waals surface area contributed by atoms with Crippen molar-refractivity contribution in [3.8, 4) is 0 Å². The highest BCUT2D eigenvalue weighted by Crippen LogP contribution is 2.36. The van der Waals surface area contributed by atoms with Crippen molar-refractivity contribution in [1.82, 2.24) is 15.5 Å². The molecule has 0 aromatic carbocycles. The summed E-state index contributed by atoms with van der Waals surface area (Å²) in [6.07, 6.45) is 6.25. The van der Waals surface area contributed by atoms with E-state index in [-0.39, 0.29) is 0 Å². The normalized spacial score (nSPS) is 37.2. The van der Waals surface area contributed by atoms with Gasteiger partial charge in [-0.25, -0.2) is 0 Å². The smallest absolute Gasteiger partial charge is 0.226 e. The third kappa shape index (κ3) is 2.88. The van der Waals surface area contributed by atoms with E-state index >= 15 is 0 Å². The summed E-state index contributed by atoms with van der Waals surface area (Å²) in [6.45, 7) is 0. The summed E-state index contributed by atoms with van der Waals surface area (Å²) < 4.78 is 5.51. The van der Waals surface area contributed by atoms with Gasteiger partial charge in [-0.3, -0.25) is 0 Å². The number of rotatable bonds is 3. The Bertz CT molecular complexity index is 449. The summed E-state index contributed by atoms with van der Waals surface area (Å²) in [5.74, 6) is 6.11. The van der Waals surface area contributed by atoms with E-state index in [1.165, 1.54) is 37.2 Å². The third-order valence-electron chi connectivity index (χ3n) is 4.62. The van der Waals surface area contributed by atoms with Gasteiger partial charge < -0.3 is 9.84 Å². The maximum Gasteiger partial charge on any atom is 0.226 e. The zero-order valence-corrected chi connectivity index (χ0v) is 13.2. The average molecular weight is 311 g/mol. The van der Waals surface area contributed by atoms with Gasteiger partial charge >= 0.3 is 0 Å². The Labute approximate surface area is 128 Å². The van der Waals surface area contributed by atoms with Crippen LogP contribution in [0.15, 0.2) is 4.52 Å². The lowest BCUT2D eigenvalue weighted by Crippen LogP contribution is -2.38. The fourth-order valence-corrected chi connectivity index (χ4v) is 6.30. The molecule has 0 amide bonds. The first-order chi connectivity index (χ1) is 9.87. The number of piperidine rings is 1. The molecule has 4 rings (SSSR count). The predicted octanol–water partition coefficient (Wildman–Crippen LogP) is 2.66. The fourth-order valence-electron chi connectivity index (χ4n) is 3.71. The SMILES string of the molecule is C1CSC(c2noc(CC3CC4CCC(C3)N4)n2)CS1. The number of nitrogens with zero attached hydrogens (tertiary/aromatic N) is 2. The quantitative estimate of drug-likeness (QED) is 0.926. The molecule has 4 heterocycles. The van der Waals surface area contributed by atoms with E-state index < -0.39 is 0 Å². The number of nitrogens with one attached hydrogen (secondary N) is 1. The molecule has 0 saturated carbocycles. The molecule has 3 aliphatic rings. The molecule has 0 radical (unpaired) electrons. The van der Waals surface area contributed by atoms with Crippen molar-refractivity contribution in [2.75, 3.05) is 17.3 Å². The van der Waals surface area contributed by atoms with Crippen LogP contribution in [0.4, 0.5) is 0 Å². The maximum absolute atomic E-state index is 5.51. The lowest BCUT2D eigenvalue weighted by molar-refractivity contribution is 0.270. The van der Waals surface area contributed by atoms with E-state index in [9.17, 15) is 0 Å². The van der Waals surface area contributed by atoms with Crippen LogP contribution in [-0.4, -0.2) is 39.5 Å². The molecule has 6 heteroatoms. The number of hydrogen-bond acceptors (Lipinski definition) is 6. The molecule has 3 saturated heterocycles. The molecule has 3 aliphatic heterocycles. The summed E-state index contributed by atoms with van der Waals surface area (Å²) in [4.78, 5) is 4.67. The van der Waals surface area contributed by atoms with E-state index in [0.717, 1.165) is 41.9 Å². The Morgan fingerprint density at radius 2 is 2.05 bits per heavy atom. The summed E-state index contributed by atoms with van der Waals surface area (Å²) in [5.41, 5.74) is 0. The summed E-state index contributed by atoms with van der Waals surface area (Å²) >= 11 is 3.97. The fraction of sp³-hybridized carbons (Fsp3) is 0.857. The highest BCUT2D eigenvalue weighted by Gasteiger charge is 2.34. The van der Waals surface area contributed by atoms with Crippen LogP contribution in [0.1, 0.15) is 42.6 Å². The van der Waals surface area contributed by atoms with Gasteiger partial charge in [-0.1, -0.05) is 5.16 Å². The molecule has 3 atom stereocenters. The van der Waals surface area contributed by atoms with Gasteiger partial charge in [0.1, 0.15) is 0 Å². The van der Waals surface area contributed by atoms with Crippen LogP contribution in [0.25, 0.3) is 0 Å². The first kappa shape index (κ1) is 13.5. The second-order valence-electron chi connectivity index (χ2n) is 6.16. The van der Waals surface area contributed by atoms with Crippen molar-refractivity contribution in [3.63, 3.8) is 0 Å². The van der Waals surface area contributed by atoms with Gasteiger partial charge in [-0.05, 0) is 31.6 Å². The first-order valence-corrected chi connectivity index (χ1v) is 9.85. The van der Waals surface area contributed by atoms with Crippen LogP contribution in [0, 0.1) is 5.92 Å². The van der Waals surface area contributed by atoms with Gasteiger partial charge in [0, 0.05) is 35.8 Å². The topological polar surface area (TPSA) is 51.0 Å². The number of fused-ring (bicyclic) bond motifs is 2. The van der Waals surface area contributed by atoms with Gasteiger partial charge in [0.2, 0.25) is 5.89 Å². The zero-order chi connectivity index (χ0) is 13.4.